The molecule has 0 spiro atoms. The van der Waals surface area contributed by atoms with Crippen molar-refractivity contribution in [2.24, 2.45) is 0 Å². The molecular weight excluding hydrogens is 743 g/mol. The van der Waals surface area contributed by atoms with E-state index in [2.05, 4.69) is 52.8 Å². The summed E-state index contributed by atoms with van der Waals surface area (Å²) in [5.41, 5.74) is 10.4. The minimum Gasteiger partial charge on any atom is -0.382 e. The van der Waals surface area contributed by atoms with Gasteiger partial charge in [-0.25, -0.2) is 15.0 Å². The number of likely N-dealkylation sites (tertiary alicyclic amines) is 1. The van der Waals surface area contributed by atoms with Crippen molar-refractivity contribution in [1.82, 2.24) is 44.4 Å². The summed E-state index contributed by atoms with van der Waals surface area (Å²) < 4.78 is 1.88. The normalized spacial score (nSPS) is 19.1. The SMILES string of the molecule is Nc1cncc(-c2cn3ccnc3c(Nc3ccc(N4CCN(C5CCN(C(=O)CNc6cccc7c6C(=O)N(C6CCC(=O)NC6=O)C7=O)CC5)CC4)cc3)n2)n1. The molecule has 18 nitrogen and oxygen atoms in total. The Morgan fingerprint density at radius 2 is 1.67 bits per heavy atom. The molecule has 9 rings (SSSR count). The van der Waals surface area contributed by atoms with Crippen molar-refractivity contribution in [3.63, 3.8) is 0 Å². The summed E-state index contributed by atoms with van der Waals surface area (Å²) in [7, 11) is 0. The van der Waals surface area contributed by atoms with Gasteiger partial charge in [-0.2, -0.15) is 0 Å². The molecule has 3 aromatic heterocycles. The Kier molecular flexibility index (Phi) is 9.60. The minimum absolute atomic E-state index is 0.0387. The maximum absolute atomic E-state index is 13.4. The lowest BCUT2D eigenvalue weighted by Crippen LogP contribution is -2.54. The molecule has 4 aliphatic heterocycles. The lowest BCUT2D eigenvalue weighted by Gasteiger charge is -2.43. The predicted octanol–water partition coefficient (Wildman–Crippen LogP) is 2.14. The number of nitrogens with one attached hydrogen (secondary N) is 3. The van der Waals surface area contributed by atoms with E-state index in [-0.39, 0.29) is 36.4 Å². The standard InChI is InChI=1S/C40H41N13O5/c41-32-21-42-20-29(46-32)30-23-52-15-12-43-37(52)36(47-30)45-24-4-6-25(7-5-24)49-16-18-50(19-17-49)26-10-13-51(14-11-26)34(55)22-44-28-3-1-2-27-35(28)40(58)53(39(27)57)31-8-9-33(54)48-38(31)56/h1-7,12,15,20-21,23,26,31,44H,8-11,13-14,16-19,22H2,(H2,41,46)(H,45,47)(H,48,54,56). The zero-order valence-electron chi connectivity index (χ0n) is 31.5. The lowest BCUT2D eigenvalue weighted by atomic mass is 10.0. The Hall–Kier alpha value is -6.95. The second-order valence-electron chi connectivity index (χ2n) is 14.8. The van der Waals surface area contributed by atoms with E-state index in [4.69, 9.17) is 10.7 Å². The fourth-order valence-electron chi connectivity index (χ4n) is 8.31. The largest absolute Gasteiger partial charge is 0.382 e. The van der Waals surface area contributed by atoms with E-state index in [9.17, 15) is 24.0 Å². The number of hydrogen-bond donors (Lipinski definition) is 4. The van der Waals surface area contributed by atoms with E-state index in [1.807, 2.05) is 33.8 Å². The van der Waals surface area contributed by atoms with E-state index >= 15 is 0 Å². The molecule has 0 radical (unpaired) electrons. The number of piperidine rings is 2. The van der Waals surface area contributed by atoms with Gasteiger partial charge in [-0.05, 0) is 55.7 Å². The van der Waals surface area contributed by atoms with Gasteiger partial charge in [0.15, 0.2) is 11.5 Å². The molecule has 5 amide bonds. The third-order valence-corrected chi connectivity index (χ3v) is 11.3. The van der Waals surface area contributed by atoms with Crippen LogP contribution in [0.5, 0.6) is 0 Å². The van der Waals surface area contributed by atoms with Gasteiger partial charge in [-0.15, -0.1) is 0 Å². The van der Waals surface area contributed by atoms with Crippen LogP contribution >= 0.6 is 0 Å². The molecule has 3 saturated heterocycles. The fraction of sp³-hybridized carbons (Fsp3) is 0.325. The first-order chi connectivity index (χ1) is 28.2. The number of imide groups is 2. The van der Waals surface area contributed by atoms with Gasteiger partial charge in [0.05, 0.1) is 30.1 Å². The molecule has 5 aromatic rings. The summed E-state index contributed by atoms with van der Waals surface area (Å²) in [5.74, 6) is -1.48. The number of carbonyl (C=O) groups is 5. The fourth-order valence-corrected chi connectivity index (χ4v) is 8.31. The first kappa shape index (κ1) is 36.7. The number of amides is 5. The van der Waals surface area contributed by atoms with Crippen LogP contribution in [0, 0.1) is 0 Å². The van der Waals surface area contributed by atoms with Gasteiger partial charge in [0.1, 0.15) is 23.2 Å². The van der Waals surface area contributed by atoms with Crippen molar-refractivity contribution < 1.29 is 24.0 Å². The van der Waals surface area contributed by atoms with Crippen molar-refractivity contribution in [3.8, 4) is 11.4 Å². The van der Waals surface area contributed by atoms with Crippen LogP contribution in [0.1, 0.15) is 46.4 Å². The molecule has 7 heterocycles. The summed E-state index contributed by atoms with van der Waals surface area (Å²) in [5, 5.41) is 8.70. The average molecular weight is 784 g/mol. The highest BCUT2D eigenvalue weighted by Gasteiger charge is 2.45. The van der Waals surface area contributed by atoms with E-state index in [0.717, 1.165) is 55.3 Å². The molecule has 2 aromatic carbocycles. The Morgan fingerprint density at radius 3 is 2.43 bits per heavy atom. The van der Waals surface area contributed by atoms with Crippen LogP contribution in [0.3, 0.4) is 0 Å². The maximum atomic E-state index is 13.4. The molecule has 1 unspecified atom stereocenters. The molecule has 0 saturated carbocycles. The number of nitrogens with two attached hydrogens (primary N) is 1. The number of benzene rings is 2. The van der Waals surface area contributed by atoms with E-state index < -0.39 is 29.7 Å². The highest BCUT2D eigenvalue weighted by atomic mass is 16.2. The average Bonchev–Trinajstić information content (AvgIpc) is 3.82. The van der Waals surface area contributed by atoms with Gasteiger partial charge in [0.25, 0.3) is 11.8 Å². The smallest absolute Gasteiger partial charge is 0.264 e. The van der Waals surface area contributed by atoms with E-state index in [1.54, 1.807) is 24.5 Å². The Bertz CT molecular complexity index is 2440. The molecule has 0 aliphatic carbocycles. The van der Waals surface area contributed by atoms with Crippen LogP contribution in [0.2, 0.25) is 0 Å². The lowest BCUT2D eigenvalue weighted by molar-refractivity contribution is -0.136. The summed E-state index contributed by atoms with van der Waals surface area (Å²) >= 11 is 0. The van der Waals surface area contributed by atoms with Crippen LogP contribution in [0.4, 0.5) is 28.7 Å². The monoisotopic (exact) mass is 783 g/mol. The molecule has 5 N–H and O–H groups in total. The second kappa shape index (κ2) is 15.2. The quantitative estimate of drug-likeness (QED) is 0.158. The number of aromatic nitrogens is 5. The van der Waals surface area contributed by atoms with E-state index in [0.29, 0.717) is 53.5 Å². The van der Waals surface area contributed by atoms with Gasteiger partial charge < -0.3 is 30.6 Å². The Balaban J connectivity index is 0.754. The van der Waals surface area contributed by atoms with Gasteiger partial charge in [0.2, 0.25) is 17.7 Å². The minimum atomic E-state index is -1.06. The number of nitrogens with zero attached hydrogens (tertiary/aromatic N) is 9. The van der Waals surface area contributed by atoms with Crippen LogP contribution in [-0.4, -0.2) is 126 Å². The second-order valence-corrected chi connectivity index (χ2v) is 14.8. The zero-order chi connectivity index (χ0) is 39.9. The van der Waals surface area contributed by atoms with Crippen LogP contribution in [0.25, 0.3) is 17.0 Å². The van der Waals surface area contributed by atoms with E-state index in [1.165, 1.54) is 12.3 Å². The molecule has 18 heteroatoms. The van der Waals surface area contributed by atoms with Gasteiger partial charge >= 0.3 is 0 Å². The molecular formula is C40H41N13O5. The van der Waals surface area contributed by atoms with Gasteiger partial charge in [-0.3, -0.25) is 44.1 Å². The molecule has 0 bridgehead atoms. The molecule has 58 heavy (non-hydrogen) atoms. The summed E-state index contributed by atoms with van der Waals surface area (Å²) in [6.07, 6.45) is 10.4. The maximum Gasteiger partial charge on any atom is 0.264 e. The predicted molar refractivity (Wildman–Crippen MR) is 213 cm³/mol. The first-order valence-corrected chi connectivity index (χ1v) is 19.3. The van der Waals surface area contributed by atoms with Crippen LogP contribution < -0.4 is 26.6 Å². The highest BCUT2D eigenvalue weighted by Crippen LogP contribution is 2.33. The highest BCUT2D eigenvalue weighted by molar-refractivity contribution is 6.25. The van der Waals surface area contributed by atoms with Gasteiger partial charge in [-0.1, -0.05) is 6.07 Å². The van der Waals surface area contributed by atoms with Crippen LogP contribution in [0.15, 0.2) is 73.4 Å². The first-order valence-electron chi connectivity index (χ1n) is 19.3. The summed E-state index contributed by atoms with van der Waals surface area (Å²) in [6, 6.07) is 12.4. The summed E-state index contributed by atoms with van der Waals surface area (Å²) in [4.78, 5) is 89.5. The molecule has 3 fully saturated rings. The zero-order valence-corrected chi connectivity index (χ0v) is 31.5. The third kappa shape index (κ3) is 7.02. The van der Waals surface area contributed by atoms with Crippen molar-refractivity contribution in [3.05, 3.63) is 84.6 Å². The number of nitrogen functional groups attached to an aromatic ring is 1. The number of imidazole rings is 1. The van der Waals surface area contributed by atoms with Crippen molar-refractivity contribution in [2.75, 3.05) is 67.1 Å². The number of hydrogen-bond acceptors (Lipinski definition) is 14. The Morgan fingerprint density at radius 1 is 0.879 bits per heavy atom. The van der Waals surface area contributed by atoms with Crippen molar-refractivity contribution in [2.45, 2.75) is 37.8 Å². The number of rotatable bonds is 9. The third-order valence-electron chi connectivity index (χ3n) is 11.3. The molecule has 296 valence electrons. The van der Waals surface area contributed by atoms with Crippen LogP contribution in [-0.2, 0) is 14.4 Å². The van der Waals surface area contributed by atoms with Crippen molar-refractivity contribution >= 4 is 63.9 Å². The summed E-state index contributed by atoms with van der Waals surface area (Å²) in [6.45, 7) is 4.83. The number of fused-ring (bicyclic) bond motifs is 2. The number of carbonyl (C=O) groups excluding carboxylic acids is 5. The molecule has 1 atom stereocenters. The number of piperazine rings is 1. The molecule has 4 aliphatic rings. The van der Waals surface area contributed by atoms with Gasteiger partial charge in [0, 0.05) is 87.4 Å². The Labute approximate surface area is 332 Å². The van der Waals surface area contributed by atoms with Crippen molar-refractivity contribution in [1.29, 1.82) is 0 Å². The number of anilines is 5. The topological polar surface area (TPSA) is 216 Å².